The first-order valence-electron chi connectivity index (χ1n) is 6.54. The number of hydrogen-bond donors (Lipinski definition) is 1. The molecule has 2 atom stereocenters. The Balaban J connectivity index is 2.24. The fourth-order valence-electron chi connectivity index (χ4n) is 2.54. The van der Waals surface area contributed by atoms with E-state index in [0.717, 1.165) is 17.6 Å². The Morgan fingerprint density at radius 3 is 2.89 bits per heavy atom. The van der Waals surface area contributed by atoms with Gasteiger partial charge < -0.3 is 15.5 Å². The molecule has 0 saturated carbocycles. The molecule has 1 aliphatic heterocycles. The summed E-state index contributed by atoms with van der Waals surface area (Å²) in [5, 5.41) is 0. The van der Waals surface area contributed by atoms with Gasteiger partial charge in [0.1, 0.15) is 0 Å². The molecule has 0 aliphatic carbocycles. The van der Waals surface area contributed by atoms with Crippen molar-refractivity contribution in [3.63, 3.8) is 0 Å². The lowest BCUT2D eigenvalue weighted by Gasteiger charge is -2.32. The molecule has 0 aromatic heterocycles. The van der Waals surface area contributed by atoms with E-state index in [0.29, 0.717) is 18.6 Å². The third-order valence-corrected chi connectivity index (χ3v) is 4.37. The van der Waals surface area contributed by atoms with Gasteiger partial charge in [0.05, 0.1) is 0 Å². The van der Waals surface area contributed by atoms with Crippen LogP contribution in [0.15, 0.2) is 28.7 Å². The zero-order valence-electron chi connectivity index (χ0n) is 11.1. The quantitative estimate of drug-likeness (QED) is 0.909. The normalized spacial score (nSPS) is 26.1. The molecule has 100 valence electrons. The predicted octanol–water partition coefficient (Wildman–Crippen LogP) is 2.31. The summed E-state index contributed by atoms with van der Waals surface area (Å²) >= 11 is 3.55. The number of rotatable bonds is 2. The maximum absolute atomic E-state index is 5.90. The Morgan fingerprint density at radius 1 is 1.44 bits per heavy atom. The van der Waals surface area contributed by atoms with Crippen molar-refractivity contribution in [2.24, 2.45) is 5.73 Å². The van der Waals surface area contributed by atoms with Crippen molar-refractivity contribution >= 4 is 21.6 Å². The Bertz CT molecular complexity index is 396. The Morgan fingerprint density at radius 2 is 2.22 bits per heavy atom. The zero-order chi connectivity index (χ0) is 13.1. The Hall–Kier alpha value is -0.580. The number of nitrogens with zero attached hydrogens (tertiary/aromatic N) is 2. The highest BCUT2D eigenvalue weighted by Gasteiger charge is 2.25. The number of hydrogen-bond acceptors (Lipinski definition) is 3. The topological polar surface area (TPSA) is 32.5 Å². The van der Waals surface area contributed by atoms with E-state index >= 15 is 0 Å². The summed E-state index contributed by atoms with van der Waals surface area (Å²) in [5.74, 6) is 0. The Kier molecular flexibility index (Phi) is 4.65. The molecule has 2 N–H and O–H groups in total. The average Bonchev–Trinajstić information content (AvgIpc) is 2.50. The lowest BCUT2D eigenvalue weighted by Crippen LogP contribution is -2.45. The van der Waals surface area contributed by atoms with Gasteiger partial charge >= 0.3 is 0 Å². The van der Waals surface area contributed by atoms with Gasteiger partial charge in [-0.15, -0.1) is 0 Å². The summed E-state index contributed by atoms with van der Waals surface area (Å²) in [6.07, 6.45) is 1.18. The van der Waals surface area contributed by atoms with E-state index in [-0.39, 0.29) is 0 Å². The number of halogens is 1. The molecule has 2 rings (SSSR count). The van der Waals surface area contributed by atoms with Crippen molar-refractivity contribution in [1.29, 1.82) is 0 Å². The third-order valence-electron chi connectivity index (χ3n) is 3.87. The van der Waals surface area contributed by atoms with Crippen molar-refractivity contribution < 1.29 is 0 Å². The van der Waals surface area contributed by atoms with Crippen LogP contribution >= 0.6 is 15.9 Å². The molecule has 1 aromatic carbocycles. The molecular formula is C14H22BrN3. The van der Waals surface area contributed by atoms with E-state index in [4.69, 9.17) is 5.73 Å². The highest BCUT2D eigenvalue weighted by molar-refractivity contribution is 9.10. The van der Waals surface area contributed by atoms with Crippen LogP contribution in [0.3, 0.4) is 0 Å². The minimum Gasteiger partial charge on any atom is -0.367 e. The monoisotopic (exact) mass is 311 g/mol. The average molecular weight is 312 g/mol. The van der Waals surface area contributed by atoms with Crippen LogP contribution in [-0.2, 0) is 0 Å². The molecule has 4 heteroatoms. The molecule has 0 spiro atoms. The molecule has 1 aliphatic rings. The first-order valence-corrected chi connectivity index (χ1v) is 7.33. The molecule has 0 bridgehead atoms. The Labute approximate surface area is 118 Å². The molecule has 2 unspecified atom stereocenters. The summed E-state index contributed by atoms with van der Waals surface area (Å²) in [6.45, 7) is 5.14. The van der Waals surface area contributed by atoms with Crippen LogP contribution in [0.5, 0.6) is 0 Å². The lowest BCUT2D eigenvalue weighted by atomic mass is 10.1. The van der Waals surface area contributed by atoms with Crippen molar-refractivity contribution in [2.75, 3.05) is 31.6 Å². The van der Waals surface area contributed by atoms with Crippen LogP contribution in [0.2, 0.25) is 0 Å². The molecular weight excluding hydrogens is 290 g/mol. The van der Waals surface area contributed by atoms with Gasteiger partial charge in [-0.3, -0.25) is 0 Å². The SMILES string of the molecule is CC1CCN(C)C(CN)CN1c1cccc(Br)c1. The van der Waals surface area contributed by atoms with Crippen LogP contribution < -0.4 is 10.6 Å². The maximum Gasteiger partial charge on any atom is 0.0390 e. The molecule has 1 saturated heterocycles. The number of benzene rings is 1. The summed E-state index contributed by atoms with van der Waals surface area (Å²) in [6, 6.07) is 9.53. The highest BCUT2D eigenvalue weighted by Crippen LogP contribution is 2.25. The first kappa shape index (κ1) is 13.8. The van der Waals surface area contributed by atoms with E-state index in [1.54, 1.807) is 0 Å². The third kappa shape index (κ3) is 3.05. The van der Waals surface area contributed by atoms with Crippen molar-refractivity contribution in [3.05, 3.63) is 28.7 Å². The van der Waals surface area contributed by atoms with Crippen LogP contribution in [0.1, 0.15) is 13.3 Å². The lowest BCUT2D eigenvalue weighted by molar-refractivity contribution is 0.265. The first-order chi connectivity index (χ1) is 8.61. The zero-order valence-corrected chi connectivity index (χ0v) is 12.7. The van der Waals surface area contributed by atoms with Gasteiger partial charge in [0.2, 0.25) is 0 Å². The van der Waals surface area contributed by atoms with Gasteiger partial charge in [-0.05, 0) is 38.6 Å². The van der Waals surface area contributed by atoms with E-state index in [9.17, 15) is 0 Å². The second-order valence-electron chi connectivity index (χ2n) is 5.14. The number of anilines is 1. The number of likely N-dealkylation sites (N-methyl/N-ethyl adjacent to an activating group) is 1. The van der Waals surface area contributed by atoms with Crippen molar-refractivity contribution in [3.8, 4) is 0 Å². The standard InChI is InChI=1S/C14H22BrN3/c1-11-6-7-17(2)14(9-16)10-18(11)13-5-3-4-12(15)8-13/h3-5,8,11,14H,6-7,9-10,16H2,1-2H3. The molecule has 1 fully saturated rings. The van der Waals surface area contributed by atoms with Gasteiger partial charge in [0.25, 0.3) is 0 Å². The molecule has 18 heavy (non-hydrogen) atoms. The van der Waals surface area contributed by atoms with Crippen molar-refractivity contribution in [2.45, 2.75) is 25.4 Å². The maximum atomic E-state index is 5.90. The molecule has 1 heterocycles. The van der Waals surface area contributed by atoms with Gasteiger partial charge in [0.15, 0.2) is 0 Å². The number of nitrogens with two attached hydrogens (primary N) is 1. The summed E-state index contributed by atoms with van der Waals surface area (Å²) in [5.41, 5.74) is 7.18. The minimum absolute atomic E-state index is 0.439. The highest BCUT2D eigenvalue weighted by atomic mass is 79.9. The van der Waals surface area contributed by atoms with E-state index in [1.807, 2.05) is 0 Å². The second kappa shape index (κ2) is 6.04. The van der Waals surface area contributed by atoms with Crippen LogP contribution in [0.4, 0.5) is 5.69 Å². The van der Waals surface area contributed by atoms with Gasteiger partial charge in [-0.2, -0.15) is 0 Å². The molecule has 1 aromatic rings. The van der Waals surface area contributed by atoms with Gasteiger partial charge in [-0.25, -0.2) is 0 Å². The van der Waals surface area contributed by atoms with Gasteiger partial charge in [0, 0.05) is 41.9 Å². The van der Waals surface area contributed by atoms with Crippen LogP contribution in [0, 0.1) is 0 Å². The van der Waals surface area contributed by atoms with E-state index in [2.05, 4.69) is 64.0 Å². The van der Waals surface area contributed by atoms with E-state index < -0.39 is 0 Å². The summed E-state index contributed by atoms with van der Waals surface area (Å²) < 4.78 is 1.13. The molecule has 3 nitrogen and oxygen atoms in total. The smallest absolute Gasteiger partial charge is 0.0390 e. The molecule has 0 radical (unpaired) electrons. The predicted molar refractivity (Wildman–Crippen MR) is 81.0 cm³/mol. The van der Waals surface area contributed by atoms with Gasteiger partial charge in [-0.1, -0.05) is 22.0 Å². The fourth-order valence-corrected chi connectivity index (χ4v) is 2.93. The largest absolute Gasteiger partial charge is 0.367 e. The second-order valence-corrected chi connectivity index (χ2v) is 6.06. The summed E-state index contributed by atoms with van der Waals surface area (Å²) in [7, 11) is 2.18. The van der Waals surface area contributed by atoms with E-state index in [1.165, 1.54) is 12.1 Å². The molecule has 0 amide bonds. The van der Waals surface area contributed by atoms with Crippen LogP contribution in [-0.4, -0.2) is 43.7 Å². The van der Waals surface area contributed by atoms with Crippen LogP contribution in [0.25, 0.3) is 0 Å². The fraction of sp³-hybridized carbons (Fsp3) is 0.571. The minimum atomic E-state index is 0.439. The van der Waals surface area contributed by atoms with Crippen molar-refractivity contribution in [1.82, 2.24) is 4.90 Å². The summed E-state index contributed by atoms with van der Waals surface area (Å²) in [4.78, 5) is 4.86.